The van der Waals surface area contributed by atoms with Crippen molar-refractivity contribution in [1.29, 1.82) is 0 Å². The molecule has 0 radical (unpaired) electrons. The minimum atomic E-state index is -0.174. The van der Waals surface area contributed by atoms with Gasteiger partial charge in [0.15, 0.2) is 0 Å². The number of hydrogen-bond acceptors (Lipinski definition) is 5. The van der Waals surface area contributed by atoms with E-state index in [2.05, 4.69) is 10.2 Å². The molecular weight excluding hydrogens is 408 g/mol. The van der Waals surface area contributed by atoms with Gasteiger partial charge in [-0.3, -0.25) is 9.59 Å². The summed E-state index contributed by atoms with van der Waals surface area (Å²) in [7, 11) is 0. The maximum atomic E-state index is 13.5. The van der Waals surface area contributed by atoms with Crippen LogP contribution in [0.1, 0.15) is 28.1 Å². The maximum absolute atomic E-state index is 13.5. The van der Waals surface area contributed by atoms with Crippen molar-refractivity contribution < 1.29 is 4.79 Å². The van der Waals surface area contributed by atoms with E-state index < -0.39 is 0 Å². The van der Waals surface area contributed by atoms with Crippen LogP contribution in [0.5, 0.6) is 0 Å². The number of aromatic nitrogens is 2. The molecule has 1 saturated heterocycles. The number of amides is 1. The zero-order valence-corrected chi connectivity index (χ0v) is 17.8. The van der Waals surface area contributed by atoms with E-state index in [1.165, 1.54) is 0 Å². The highest BCUT2D eigenvalue weighted by molar-refractivity contribution is 7.09. The molecule has 0 saturated carbocycles. The molecule has 7 heteroatoms. The fourth-order valence-electron chi connectivity index (χ4n) is 3.94. The summed E-state index contributed by atoms with van der Waals surface area (Å²) in [6.07, 6.45) is 2.15. The SMILES string of the molecule is O=C(NCc1cccs1)c1ccc2c(=O)n(-c3ccccc3)c(N3CCCC3)nc2c1. The van der Waals surface area contributed by atoms with Crippen LogP contribution in [0.2, 0.25) is 0 Å². The van der Waals surface area contributed by atoms with Gasteiger partial charge in [0.1, 0.15) is 0 Å². The third kappa shape index (κ3) is 3.84. The summed E-state index contributed by atoms with van der Waals surface area (Å²) in [5.74, 6) is 0.462. The Morgan fingerprint density at radius 1 is 1.03 bits per heavy atom. The summed E-state index contributed by atoms with van der Waals surface area (Å²) in [4.78, 5) is 34.2. The molecule has 2 aromatic heterocycles. The van der Waals surface area contributed by atoms with Gasteiger partial charge in [0.2, 0.25) is 5.95 Å². The molecule has 1 fully saturated rings. The Hall–Kier alpha value is -3.45. The Morgan fingerprint density at radius 2 is 1.84 bits per heavy atom. The van der Waals surface area contributed by atoms with Gasteiger partial charge in [-0.1, -0.05) is 24.3 Å². The standard InChI is InChI=1S/C24H22N4O2S/c29-22(25-16-19-9-6-14-31-19)17-10-11-20-21(15-17)26-24(27-12-4-5-13-27)28(23(20)30)18-7-2-1-3-8-18/h1-3,6-11,14-15H,4-5,12-13,16H2,(H,25,29). The van der Waals surface area contributed by atoms with Crippen LogP contribution in [-0.2, 0) is 6.54 Å². The Morgan fingerprint density at radius 3 is 2.58 bits per heavy atom. The van der Waals surface area contributed by atoms with Crippen LogP contribution >= 0.6 is 11.3 Å². The van der Waals surface area contributed by atoms with E-state index in [0.29, 0.717) is 29.0 Å². The highest BCUT2D eigenvalue weighted by Gasteiger charge is 2.21. The smallest absolute Gasteiger partial charge is 0.267 e. The lowest BCUT2D eigenvalue weighted by Crippen LogP contribution is -2.30. The Labute approximate surface area is 183 Å². The molecule has 4 aromatic rings. The van der Waals surface area contributed by atoms with E-state index in [1.807, 2.05) is 47.8 Å². The van der Waals surface area contributed by atoms with Crippen LogP contribution in [-0.4, -0.2) is 28.5 Å². The molecule has 0 spiro atoms. The average Bonchev–Trinajstić information content (AvgIpc) is 3.52. The number of benzene rings is 2. The van der Waals surface area contributed by atoms with E-state index in [-0.39, 0.29) is 11.5 Å². The van der Waals surface area contributed by atoms with Crippen LogP contribution < -0.4 is 15.8 Å². The van der Waals surface area contributed by atoms with Crippen molar-refractivity contribution in [3.63, 3.8) is 0 Å². The summed E-state index contributed by atoms with van der Waals surface area (Å²) in [5.41, 5.74) is 1.72. The third-order valence-corrected chi connectivity index (χ3v) is 6.40. The fourth-order valence-corrected chi connectivity index (χ4v) is 4.58. The van der Waals surface area contributed by atoms with Crippen LogP contribution in [0, 0.1) is 0 Å². The minimum absolute atomic E-state index is 0.122. The molecule has 3 heterocycles. The lowest BCUT2D eigenvalue weighted by molar-refractivity contribution is 0.0951. The first-order valence-electron chi connectivity index (χ1n) is 10.4. The summed E-state index contributed by atoms with van der Waals surface area (Å²) in [5, 5.41) is 5.42. The molecule has 0 aliphatic carbocycles. The van der Waals surface area contributed by atoms with Gasteiger partial charge in [-0.05, 0) is 54.6 Å². The molecule has 0 atom stereocenters. The lowest BCUT2D eigenvalue weighted by Gasteiger charge is -2.22. The van der Waals surface area contributed by atoms with Gasteiger partial charge in [0.05, 0.1) is 23.1 Å². The number of carbonyl (C=O) groups is 1. The van der Waals surface area contributed by atoms with Gasteiger partial charge in [-0.15, -0.1) is 11.3 Å². The third-order valence-electron chi connectivity index (χ3n) is 5.52. The van der Waals surface area contributed by atoms with E-state index in [4.69, 9.17) is 4.98 Å². The largest absolute Gasteiger partial charge is 0.347 e. The molecule has 0 unspecified atom stereocenters. The van der Waals surface area contributed by atoms with Crippen LogP contribution in [0.4, 0.5) is 5.95 Å². The van der Waals surface area contributed by atoms with Gasteiger partial charge < -0.3 is 10.2 Å². The molecule has 1 amide bonds. The number of carbonyl (C=O) groups excluding carboxylic acids is 1. The van der Waals surface area contributed by atoms with E-state index in [9.17, 15) is 9.59 Å². The molecule has 2 aromatic carbocycles. The summed E-state index contributed by atoms with van der Waals surface area (Å²) in [6.45, 7) is 2.22. The predicted molar refractivity (Wildman–Crippen MR) is 124 cm³/mol. The van der Waals surface area contributed by atoms with Gasteiger partial charge >= 0.3 is 0 Å². The van der Waals surface area contributed by atoms with Gasteiger partial charge in [-0.2, -0.15) is 0 Å². The van der Waals surface area contributed by atoms with Gasteiger partial charge in [-0.25, -0.2) is 9.55 Å². The van der Waals surface area contributed by atoms with Crippen molar-refractivity contribution in [3.05, 3.63) is 86.8 Å². The molecule has 1 N–H and O–H groups in total. The van der Waals surface area contributed by atoms with E-state index >= 15 is 0 Å². The molecule has 156 valence electrons. The van der Waals surface area contributed by atoms with Crippen molar-refractivity contribution in [1.82, 2.24) is 14.9 Å². The Balaban J connectivity index is 1.57. The monoisotopic (exact) mass is 430 g/mol. The number of nitrogens with one attached hydrogen (secondary N) is 1. The summed E-state index contributed by atoms with van der Waals surface area (Å²) in [6, 6.07) is 18.7. The molecule has 1 aliphatic rings. The van der Waals surface area contributed by atoms with Crippen molar-refractivity contribution in [2.24, 2.45) is 0 Å². The fraction of sp³-hybridized carbons (Fsp3) is 0.208. The summed E-state index contributed by atoms with van der Waals surface area (Å²) >= 11 is 1.60. The highest BCUT2D eigenvalue weighted by Crippen LogP contribution is 2.23. The number of anilines is 1. The van der Waals surface area contributed by atoms with E-state index in [0.717, 1.165) is 36.5 Å². The molecule has 0 bridgehead atoms. The lowest BCUT2D eigenvalue weighted by atomic mass is 10.1. The van der Waals surface area contributed by atoms with Crippen LogP contribution in [0.25, 0.3) is 16.6 Å². The molecule has 6 nitrogen and oxygen atoms in total. The average molecular weight is 431 g/mol. The Kier molecular flexibility index (Phi) is 5.26. The quantitative estimate of drug-likeness (QED) is 0.520. The van der Waals surface area contributed by atoms with Crippen LogP contribution in [0.3, 0.4) is 0 Å². The molecule has 31 heavy (non-hydrogen) atoms. The van der Waals surface area contributed by atoms with E-state index in [1.54, 1.807) is 34.1 Å². The highest BCUT2D eigenvalue weighted by atomic mass is 32.1. The number of para-hydroxylation sites is 1. The zero-order valence-electron chi connectivity index (χ0n) is 17.0. The number of rotatable bonds is 5. The summed E-state index contributed by atoms with van der Waals surface area (Å²) < 4.78 is 1.68. The van der Waals surface area contributed by atoms with Crippen LogP contribution in [0.15, 0.2) is 70.8 Å². The van der Waals surface area contributed by atoms with Crippen molar-refractivity contribution in [2.75, 3.05) is 18.0 Å². The normalized spacial score (nSPS) is 13.6. The second-order valence-corrected chi connectivity index (χ2v) is 8.61. The predicted octanol–water partition coefficient (Wildman–Crippen LogP) is 3.98. The Bertz CT molecular complexity index is 1280. The van der Waals surface area contributed by atoms with Crippen molar-refractivity contribution >= 4 is 34.1 Å². The molecule has 1 aliphatic heterocycles. The van der Waals surface area contributed by atoms with Crippen molar-refractivity contribution in [2.45, 2.75) is 19.4 Å². The number of nitrogens with zero attached hydrogens (tertiary/aromatic N) is 3. The van der Waals surface area contributed by atoms with Gasteiger partial charge in [0.25, 0.3) is 11.5 Å². The maximum Gasteiger partial charge on any atom is 0.267 e. The molecule has 5 rings (SSSR count). The number of thiophene rings is 1. The topological polar surface area (TPSA) is 67.2 Å². The first kappa shape index (κ1) is 19.5. The second-order valence-electron chi connectivity index (χ2n) is 7.58. The first-order chi connectivity index (χ1) is 15.2. The van der Waals surface area contributed by atoms with Gasteiger partial charge in [0, 0.05) is 23.5 Å². The molecular formula is C24H22N4O2S. The second kappa shape index (κ2) is 8.35. The van der Waals surface area contributed by atoms with Crippen molar-refractivity contribution in [3.8, 4) is 5.69 Å². The number of hydrogen-bond donors (Lipinski definition) is 1. The number of fused-ring (bicyclic) bond motifs is 1. The minimum Gasteiger partial charge on any atom is -0.347 e. The zero-order chi connectivity index (χ0) is 21.2. The first-order valence-corrected chi connectivity index (χ1v) is 11.3.